The lowest BCUT2D eigenvalue weighted by molar-refractivity contribution is -0.192. The summed E-state index contributed by atoms with van der Waals surface area (Å²) >= 11 is 0. The first-order chi connectivity index (χ1) is 15.6. The van der Waals surface area contributed by atoms with Gasteiger partial charge < -0.3 is 20.9 Å². The Labute approximate surface area is 198 Å². The maximum Gasteiger partial charge on any atom is 0.490 e. The van der Waals surface area contributed by atoms with Crippen LogP contribution in [0.5, 0.6) is 0 Å². The minimum absolute atomic E-state index is 0.00276. The summed E-state index contributed by atoms with van der Waals surface area (Å²) in [7, 11) is 1.30. The highest BCUT2D eigenvalue weighted by molar-refractivity contribution is 5.96. The van der Waals surface area contributed by atoms with Crippen molar-refractivity contribution in [2.45, 2.75) is 71.6 Å². The first-order valence-electron chi connectivity index (χ1n) is 11.1. The van der Waals surface area contributed by atoms with E-state index in [1.54, 1.807) is 19.1 Å². The lowest BCUT2D eigenvalue weighted by atomic mass is 9.68. The van der Waals surface area contributed by atoms with Gasteiger partial charge in [0.1, 0.15) is 6.04 Å². The Kier molecular flexibility index (Phi) is 10.5. The molecule has 1 aromatic rings. The molecule has 34 heavy (non-hydrogen) atoms. The summed E-state index contributed by atoms with van der Waals surface area (Å²) in [6.07, 6.45) is -0.314. The normalized spacial score (nSPS) is 20.3. The van der Waals surface area contributed by atoms with E-state index in [1.165, 1.54) is 20.0 Å². The van der Waals surface area contributed by atoms with Crippen molar-refractivity contribution in [1.82, 2.24) is 5.32 Å². The summed E-state index contributed by atoms with van der Waals surface area (Å²) in [6, 6.07) is 6.72. The van der Waals surface area contributed by atoms with Gasteiger partial charge in [-0.2, -0.15) is 13.2 Å². The van der Waals surface area contributed by atoms with Gasteiger partial charge in [-0.15, -0.1) is 0 Å². The minimum Gasteiger partial charge on any atom is -0.475 e. The van der Waals surface area contributed by atoms with Crippen LogP contribution in [0.3, 0.4) is 0 Å². The van der Waals surface area contributed by atoms with Crippen LogP contribution in [-0.4, -0.2) is 42.3 Å². The van der Waals surface area contributed by atoms with Crippen LogP contribution in [0.25, 0.3) is 0 Å². The summed E-state index contributed by atoms with van der Waals surface area (Å²) in [5, 5.41) is 9.76. The Morgan fingerprint density at radius 1 is 1.06 bits per heavy atom. The van der Waals surface area contributed by atoms with Gasteiger partial charge >= 0.3 is 18.1 Å². The third-order valence-corrected chi connectivity index (χ3v) is 6.21. The van der Waals surface area contributed by atoms with Crippen molar-refractivity contribution in [2.24, 2.45) is 23.0 Å². The average Bonchev–Trinajstić information content (AvgIpc) is 2.77. The lowest BCUT2D eigenvalue weighted by Crippen LogP contribution is -2.39. The van der Waals surface area contributed by atoms with Crippen LogP contribution < -0.4 is 11.1 Å². The average molecular weight is 489 g/mol. The van der Waals surface area contributed by atoms with Crippen molar-refractivity contribution in [3.05, 3.63) is 35.4 Å². The number of rotatable bonds is 5. The number of methoxy groups -OCH3 is 1. The molecular formula is C24H35F3N2O5. The number of carbonyl (C=O) groups is 3. The van der Waals surface area contributed by atoms with Crippen LogP contribution in [0.1, 0.15) is 75.3 Å². The van der Waals surface area contributed by atoms with Gasteiger partial charge in [0.05, 0.1) is 7.11 Å². The predicted molar refractivity (Wildman–Crippen MR) is 121 cm³/mol. The van der Waals surface area contributed by atoms with E-state index >= 15 is 0 Å². The quantitative estimate of drug-likeness (QED) is 0.527. The van der Waals surface area contributed by atoms with Crippen molar-refractivity contribution in [2.75, 3.05) is 7.11 Å². The monoisotopic (exact) mass is 488 g/mol. The van der Waals surface area contributed by atoms with E-state index in [0.29, 0.717) is 16.9 Å². The summed E-state index contributed by atoms with van der Waals surface area (Å²) in [4.78, 5) is 32.6. The highest BCUT2D eigenvalue weighted by Gasteiger charge is 2.38. The first kappa shape index (κ1) is 29.4. The fourth-order valence-corrected chi connectivity index (χ4v) is 3.99. The molecule has 0 bridgehead atoms. The maximum absolute atomic E-state index is 12.2. The Morgan fingerprint density at radius 3 is 1.91 bits per heavy atom. The third-order valence-electron chi connectivity index (χ3n) is 6.21. The van der Waals surface area contributed by atoms with E-state index in [9.17, 15) is 22.8 Å². The zero-order valence-electron chi connectivity index (χ0n) is 20.2. The van der Waals surface area contributed by atoms with Crippen LogP contribution in [-0.2, 0) is 14.3 Å². The number of hydrogen-bond acceptors (Lipinski definition) is 5. The van der Waals surface area contributed by atoms with Gasteiger partial charge in [0.25, 0.3) is 5.91 Å². The van der Waals surface area contributed by atoms with Crippen molar-refractivity contribution >= 4 is 17.8 Å². The standard InChI is InChI=1S/C22H34N2O3.C2HF3O2/c1-14(21(26)27-5)24-20(25)17-8-6-15(7-9-17)19(23)16-10-12-18(13-11-16)22(2,3)4;3-2(4,5)1(6)7/h6-9,14,16,18-19H,10-13,23H2,1-5H3,(H,24,25);(H,6,7)/t14?,16-,18-,19?;. The number of hydrogen-bond donors (Lipinski definition) is 3. The number of carboxylic acids is 1. The molecular weight excluding hydrogens is 453 g/mol. The molecule has 1 saturated carbocycles. The summed E-state index contributed by atoms with van der Waals surface area (Å²) in [5.74, 6) is -2.26. The number of nitrogens with two attached hydrogens (primary N) is 1. The van der Waals surface area contributed by atoms with Crippen LogP contribution in [0.4, 0.5) is 13.2 Å². The Bertz CT molecular complexity index is 826. The molecule has 2 atom stereocenters. The van der Waals surface area contributed by atoms with Crippen molar-refractivity contribution in [3.63, 3.8) is 0 Å². The SMILES string of the molecule is COC(=O)C(C)NC(=O)c1ccc(C(N)[C@H]2CC[C@H](C(C)(C)C)CC2)cc1.O=C(O)C(F)(F)F. The molecule has 1 aliphatic rings. The fraction of sp³-hybridized carbons (Fsp3) is 0.625. The molecule has 0 saturated heterocycles. The number of alkyl halides is 3. The zero-order valence-corrected chi connectivity index (χ0v) is 20.2. The molecule has 192 valence electrons. The van der Waals surface area contributed by atoms with Crippen LogP contribution in [0.15, 0.2) is 24.3 Å². The Morgan fingerprint density at radius 2 is 1.53 bits per heavy atom. The van der Waals surface area contributed by atoms with E-state index in [2.05, 4.69) is 30.8 Å². The van der Waals surface area contributed by atoms with Gasteiger partial charge in [-0.25, -0.2) is 9.59 Å². The third kappa shape index (κ3) is 8.96. The summed E-state index contributed by atoms with van der Waals surface area (Å²) < 4.78 is 36.4. The second kappa shape index (κ2) is 12.2. The number of esters is 1. The van der Waals surface area contributed by atoms with E-state index in [4.69, 9.17) is 15.6 Å². The summed E-state index contributed by atoms with van der Waals surface area (Å²) in [6.45, 7) is 8.57. The molecule has 0 aliphatic heterocycles. The molecule has 7 nitrogen and oxygen atoms in total. The number of nitrogens with one attached hydrogen (secondary N) is 1. The van der Waals surface area contributed by atoms with E-state index < -0.39 is 24.2 Å². The molecule has 0 heterocycles. The molecule has 0 radical (unpaired) electrons. The molecule has 1 amide bonds. The number of ether oxygens (including phenoxy) is 1. The highest BCUT2D eigenvalue weighted by Crippen LogP contribution is 2.42. The van der Waals surface area contributed by atoms with E-state index in [1.807, 2.05) is 12.1 Å². The highest BCUT2D eigenvalue weighted by atomic mass is 19.4. The van der Waals surface area contributed by atoms with Gasteiger partial charge in [0.2, 0.25) is 0 Å². The molecule has 2 unspecified atom stereocenters. The second-order valence-electron chi connectivity index (χ2n) is 9.65. The largest absolute Gasteiger partial charge is 0.490 e. The van der Waals surface area contributed by atoms with Crippen LogP contribution in [0.2, 0.25) is 0 Å². The van der Waals surface area contributed by atoms with Gasteiger partial charge in [0, 0.05) is 11.6 Å². The van der Waals surface area contributed by atoms with Crippen LogP contribution in [0, 0.1) is 17.3 Å². The number of carboxylic acid groups (broad SMARTS) is 1. The number of carbonyl (C=O) groups excluding carboxylic acids is 2. The summed E-state index contributed by atoms with van der Waals surface area (Å²) in [5.41, 5.74) is 8.47. The molecule has 1 fully saturated rings. The molecule has 0 aromatic heterocycles. The first-order valence-corrected chi connectivity index (χ1v) is 11.1. The predicted octanol–water partition coefficient (Wildman–Crippen LogP) is 4.46. The van der Waals surface area contributed by atoms with Crippen LogP contribution >= 0.6 is 0 Å². The second-order valence-corrected chi connectivity index (χ2v) is 9.65. The van der Waals surface area contributed by atoms with Crippen molar-refractivity contribution < 1.29 is 37.4 Å². The lowest BCUT2D eigenvalue weighted by Gasteiger charge is -2.38. The fourth-order valence-electron chi connectivity index (χ4n) is 3.99. The zero-order chi connectivity index (χ0) is 26.3. The molecule has 1 aromatic carbocycles. The molecule has 0 spiro atoms. The number of amides is 1. The Balaban J connectivity index is 0.000000718. The van der Waals surface area contributed by atoms with Gasteiger partial charge in [-0.05, 0) is 67.6 Å². The van der Waals surface area contributed by atoms with E-state index in [0.717, 1.165) is 24.3 Å². The molecule has 4 N–H and O–H groups in total. The van der Waals surface area contributed by atoms with Gasteiger partial charge in [0.15, 0.2) is 0 Å². The van der Waals surface area contributed by atoms with Gasteiger partial charge in [-0.1, -0.05) is 32.9 Å². The number of benzene rings is 1. The molecule has 10 heteroatoms. The van der Waals surface area contributed by atoms with E-state index in [-0.39, 0.29) is 11.9 Å². The Hall–Kier alpha value is -2.62. The number of aliphatic carboxylic acids is 1. The number of halogens is 3. The minimum atomic E-state index is -5.08. The maximum atomic E-state index is 12.2. The van der Waals surface area contributed by atoms with Crippen molar-refractivity contribution in [1.29, 1.82) is 0 Å². The molecule has 1 aliphatic carbocycles. The smallest absolute Gasteiger partial charge is 0.475 e. The van der Waals surface area contributed by atoms with Crippen molar-refractivity contribution in [3.8, 4) is 0 Å². The topological polar surface area (TPSA) is 119 Å². The molecule has 2 rings (SSSR count). The van der Waals surface area contributed by atoms with Gasteiger partial charge in [-0.3, -0.25) is 4.79 Å².